The molecule has 1 atom stereocenters. The second kappa shape index (κ2) is 5.05. The number of nitrogens with two attached hydrogens (primary N) is 1. The third-order valence-corrected chi connectivity index (χ3v) is 4.09. The van der Waals surface area contributed by atoms with Crippen LogP contribution in [0.25, 0.3) is 10.9 Å². The first-order valence-electron chi connectivity index (χ1n) is 7.39. The van der Waals surface area contributed by atoms with E-state index in [1.807, 2.05) is 12.3 Å². The molecule has 0 saturated carbocycles. The van der Waals surface area contributed by atoms with Crippen molar-refractivity contribution in [2.45, 2.75) is 32.2 Å². The average Bonchev–Trinajstić information content (AvgIpc) is 2.90. The Hall–Kier alpha value is -2.06. The Kier molecular flexibility index (Phi) is 3.34. The molecule has 2 nitrogen and oxygen atoms in total. The van der Waals surface area contributed by atoms with E-state index in [0.29, 0.717) is 0 Å². The van der Waals surface area contributed by atoms with Crippen LogP contribution in [-0.2, 0) is 5.41 Å². The van der Waals surface area contributed by atoms with Crippen LogP contribution >= 0.6 is 0 Å². The van der Waals surface area contributed by atoms with Gasteiger partial charge in [0.2, 0.25) is 0 Å². The number of aromatic amines is 1. The number of H-pyrrole nitrogens is 1. The van der Waals surface area contributed by atoms with Crippen molar-refractivity contribution in [2.24, 2.45) is 5.73 Å². The van der Waals surface area contributed by atoms with Crippen molar-refractivity contribution < 1.29 is 0 Å². The fourth-order valence-corrected chi connectivity index (χ4v) is 2.72. The summed E-state index contributed by atoms with van der Waals surface area (Å²) in [6, 6.07) is 16.8. The molecule has 0 aliphatic rings. The molecule has 0 fully saturated rings. The van der Waals surface area contributed by atoms with Crippen LogP contribution in [0.3, 0.4) is 0 Å². The van der Waals surface area contributed by atoms with Crippen LogP contribution in [0.15, 0.2) is 54.7 Å². The number of rotatable bonds is 2. The second-order valence-corrected chi connectivity index (χ2v) is 6.64. The van der Waals surface area contributed by atoms with Crippen molar-refractivity contribution in [3.63, 3.8) is 0 Å². The molecule has 2 aromatic carbocycles. The van der Waals surface area contributed by atoms with Crippen molar-refractivity contribution >= 4 is 10.9 Å². The number of hydrogen-bond donors (Lipinski definition) is 2. The summed E-state index contributed by atoms with van der Waals surface area (Å²) in [5.41, 5.74) is 11.4. The maximum absolute atomic E-state index is 6.47. The van der Waals surface area contributed by atoms with E-state index in [1.54, 1.807) is 0 Å². The molecule has 0 amide bonds. The van der Waals surface area contributed by atoms with Crippen LogP contribution in [0.1, 0.15) is 43.5 Å². The van der Waals surface area contributed by atoms with E-state index in [2.05, 4.69) is 68.2 Å². The summed E-state index contributed by atoms with van der Waals surface area (Å²) in [6.45, 7) is 6.67. The van der Waals surface area contributed by atoms with Crippen LogP contribution in [0, 0.1) is 0 Å². The van der Waals surface area contributed by atoms with Crippen molar-refractivity contribution in [3.8, 4) is 0 Å². The lowest BCUT2D eigenvalue weighted by molar-refractivity contribution is 0.589. The van der Waals surface area contributed by atoms with Gasteiger partial charge >= 0.3 is 0 Å². The topological polar surface area (TPSA) is 41.8 Å². The van der Waals surface area contributed by atoms with Crippen molar-refractivity contribution in [3.05, 3.63) is 71.4 Å². The largest absolute Gasteiger partial charge is 0.361 e. The van der Waals surface area contributed by atoms with Gasteiger partial charge in [-0.05, 0) is 28.2 Å². The second-order valence-electron chi connectivity index (χ2n) is 6.64. The van der Waals surface area contributed by atoms with E-state index in [1.165, 1.54) is 10.9 Å². The smallest absolute Gasteiger partial charge is 0.0572 e. The number of para-hydroxylation sites is 1. The van der Waals surface area contributed by atoms with Gasteiger partial charge in [-0.2, -0.15) is 0 Å². The summed E-state index contributed by atoms with van der Waals surface area (Å²) in [5.74, 6) is 0. The Balaban J connectivity index is 1.97. The van der Waals surface area contributed by atoms with E-state index < -0.39 is 0 Å². The fourth-order valence-electron chi connectivity index (χ4n) is 2.72. The highest BCUT2D eigenvalue weighted by Crippen LogP contribution is 2.29. The molecule has 0 bridgehead atoms. The van der Waals surface area contributed by atoms with Crippen LogP contribution in [-0.4, -0.2) is 4.98 Å². The van der Waals surface area contributed by atoms with Gasteiger partial charge in [-0.3, -0.25) is 0 Å². The first kappa shape index (κ1) is 13.9. The number of hydrogen-bond acceptors (Lipinski definition) is 1. The Morgan fingerprint density at radius 2 is 1.62 bits per heavy atom. The molecule has 0 radical (unpaired) electrons. The van der Waals surface area contributed by atoms with Gasteiger partial charge in [0.15, 0.2) is 0 Å². The van der Waals surface area contributed by atoms with Crippen molar-refractivity contribution in [1.82, 2.24) is 4.98 Å². The van der Waals surface area contributed by atoms with Gasteiger partial charge < -0.3 is 10.7 Å². The molecule has 0 aliphatic heterocycles. The van der Waals surface area contributed by atoms with E-state index in [-0.39, 0.29) is 11.5 Å². The number of fused-ring (bicyclic) bond motifs is 1. The minimum absolute atomic E-state index is 0.102. The first-order valence-corrected chi connectivity index (χ1v) is 7.39. The molecular weight excluding hydrogens is 256 g/mol. The van der Waals surface area contributed by atoms with Gasteiger partial charge in [0, 0.05) is 17.1 Å². The predicted molar refractivity (Wildman–Crippen MR) is 89.5 cm³/mol. The summed E-state index contributed by atoms with van der Waals surface area (Å²) >= 11 is 0. The van der Waals surface area contributed by atoms with Crippen molar-refractivity contribution in [1.29, 1.82) is 0 Å². The molecule has 0 spiro atoms. The lowest BCUT2D eigenvalue weighted by Crippen LogP contribution is -2.14. The summed E-state index contributed by atoms with van der Waals surface area (Å²) in [7, 11) is 0. The standard InChI is InChI=1S/C19H22N2/c1-19(2,3)14-10-8-13(9-11-14)18(20)16-12-21-17-7-5-4-6-15(16)17/h4-12,18,21H,20H2,1-3H3. The molecule has 3 rings (SSSR count). The zero-order chi connectivity index (χ0) is 15.0. The zero-order valence-corrected chi connectivity index (χ0v) is 12.9. The van der Waals surface area contributed by atoms with E-state index in [4.69, 9.17) is 5.73 Å². The number of aromatic nitrogens is 1. The van der Waals surface area contributed by atoms with Crippen LogP contribution in [0.4, 0.5) is 0 Å². The van der Waals surface area contributed by atoms with Gasteiger partial charge in [-0.1, -0.05) is 63.2 Å². The molecule has 0 saturated heterocycles. The maximum atomic E-state index is 6.47. The summed E-state index contributed by atoms with van der Waals surface area (Å²) in [6.07, 6.45) is 2.02. The Morgan fingerprint density at radius 1 is 0.952 bits per heavy atom. The highest BCUT2D eigenvalue weighted by Gasteiger charge is 2.16. The maximum Gasteiger partial charge on any atom is 0.0572 e. The molecule has 1 heterocycles. The summed E-state index contributed by atoms with van der Waals surface area (Å²) in [4.78, 5) is 3.29. The fraction of sp³-hybridized carbons (Fsp3) is 0.263. The first-order chi connectivity index (χ1) is 9.97. The molecule has 2 heteroatoms. The quantitative estimate of drug-likeness (QED) is 0.711. The van der Waals surface area contributed by atoms with Crippen LogP contribution < -0.4 is 5.73 Å². The summed E-state index contributed by atoms with van der Waals surface area (Å²) < 4.78 is 0. The third-order valence-electron chi connectivity index (χ3n) is 4.09. The molecule has 3 N–H and O–H groups in total. The van der Waals surface area contributed by atoms with Crippen LogP contribution in [0.5, 0.6) is 0 Å². The van der Waals surface area contributed by atoms with Gasteiger partial charge in [0.05, 0.1) is 6.04 Å². The SMILES string of the molecule is CC(C)(C)c1ccc(C(N)c2c[nH]c3ccccc23)cc1. The lowest BCUT2D eigenvalue weighted by atomic mass is 9.86. The predicted octanol–water partition coefficient (Wildman–Crippen LogP) is 4.51. The third kappa shape index (κ3) is 2.59. The number of benzene rings is 2. The molecule has 3 aromatic rings. The average molecular weight is 278 g/mol. The van der Waals surface area contributed by atoms with E-state index >= 15 is 0 Å². The van der Waals surface area contributed by atoms with Gasteiger partial charge in [0.25, 0.3) is 0 Å². The van der Waals surface area contributed by atoms with Gasteiger partial charge in [-0.15, -0.1) is 0 Å². The molecule has 21 heavy (non-hydrogen) atoms. The van der Waals surface area contributed by atoms with E-state index in [9.17, 15) is 0 Å². The van der Waals surface area contributed by atoms with E-state index in [0.717, 1.165) is 16.6 Å². The van der Waals surface area contributed by atoms with Crippen molar-refractivity contribution in [2.75, 3.05) is 0 Å². The minimum Gasteiger partial charge on any atom is -0.361 e. The molecule has 0 aliphatic carbocycles. The Bertz CT molecular complexity index is 745. The zero-order valence-electron chi connectivity index (χ0n) is 12.9. The normalized spacial score (nSPS) is 13.5. The molecular formula is C19H22N2. The highest BCUT2D eigenvalue weighted by atomic mass is 14.7. The Labute approximate surface area is 126 Å². The minimum atomic E-state index is -0.102. The summed E-state index contributed by atoms with van der Waals surface area (Å²) in [5, 5.41) is 1.20. The lowest BCUT2D eigenvalue weighted by Gasteiger charge is -2.20. The number of nitrogens with one attached hydrogen (secondary N) is 1. The Morgan fingerprint density at radius 3 is 2.29 bits per heavy atom. The van der Waals surface area contributed by atoms with Gasteiger partial charge in [0.1, 0.15) is 0 Å². The highest BCUT2D eigenvalue weighted by molar-refractivity contribution is 5.84. The van der Waals surface area contributed by atoms with Crippen LogP contribution in [0.2, 0.25) is 0 Å². The molecule has 1 aromatic heterocycles. The monoisotopic (exact) mass is 278 g/mol. The van der Waals surface area contributed by atoms with Gasteiger partial charge in [-0.25, -0.2) is 0 Å². The molecule has 108 valence electrons. The molecule has 1 unspecified atom stereocenters.